The molecule has 6 nitrogen and oxygen atoms in total. The topological polar surface area (TPSA) is 81.7 Å². The zero-order valence-corrected chi connectivity index (χ0v) is 16.1. The Hall–Kier alpha value is -1.89. The molecule has 1 saturated heterocycles. The van der Waals surface area contributed by atoms with Crippen molar-refractivity contribution < 1.29 is 23.9 Å². The van der Waals surface area contributed by atoms with Gasteiger partial charge in [0.25, 0.3) is 0 Å². The number of ether oxygens (including phenoxy) is 2. The summed E-state index contributed by atoms with van der Waals surface area (Å²) in [5.74, 6) is -1.27. The summed E-state index contributed by atoms with van der Waals surface area (Å²) in [5, 5.41) is 2.88. The van der Waals surface area contributed by atoms with E-state index in [2.05, 4.69) is 21.2 Å². The Morgan fingerprint density at radius 3 is 2.58 bits per heavy atom. The number of anilines is 1. The summed E-state index contributed by atoms with van der Waals surface area (Å²) < 4.78 is 10.6. The molecule has 3 fully saturated rings. The first kappa shape index (κ1) is 17.5. The molecule has 0 radical (unpaired) electrons. The van der Waals surface area contributed by atoms with Gasteiger partial charge in [-0.2, -0.15) is 0 Å². The number of benzene rings is 1. The largest absolute Gasteiger partial charge is 0.461 e. The molecule has 3 aliphatic rings. The second-order valence-corrected chi connectivity index (χ2v) is 8.54. The zero-order valence-electron chi connectivity index (χ0n) is 14.5. The molecule has 6 atom stereocenters. The molecule has 1 aromatic carbocycles. The predicted molar refractivity (Wildman–Crippen MR) is 96.8 cm³/mol. The van der Waals surface area contributed by atoms with E-state index >= 15 is 0 Å². The molecule has 0 spiro atoms. The second-order valence-electron chi connectivity index (χ2n) is 7.48. The molecular weight excluding hydrogens is 402 g/mol. The lowest BCUT2D eigenvalue weighted by atomic mass is 9.79. The van der Waals surface area contributed by atoms with E-state index in [0.717, 1.165) is 6.42 Å². The molecule has 1 aliphatic heterocycles. The quantitative estimate of drug-likeness (QED) is 0.596. The van der Waals surface area contributed by atoms with Crippen LogP contribution in [0.5, 0.6) is 0 Å². The Kier molecular flexibility index (Phi) is 4.29. The maximum Gasteiger partial charge on any atom is 0.338 e. The van der Waals surface area contributed by atoms with Crippen LogP contribution in [-0.2, 0) is 19.1 Å². The lowest BCUT2D eigenvalue weighted by molar-refractivity contribution is -0.145. The van der Waals surface area contributed by atoms with Crippen LogP contribution in [0.3, 0.4) is 0 Å². The number of hydrogen-bond donors (Lipinski definition) is 1. The van der Waals surface area contributed by atoms with Gasteiger partial charge in [0.05, 0.1) is 28.3 Å². The minimum atomic E-state index is -0.396. The third kappa shape index (κ3) is 2.73. The molecule has 1 heterocycles. The smallest absolute Gasteiger partial charge is 0.338 e. The molecule has 2 bridgehead atoms. The van der Waals surface area contributed by atoms with Crippen molar-refractivity contribution in [2.75, 3.05) is 5.32 Å². The molecular formula is C19H20BrNO5. The number of carbonyl (C=O) groups excluding carboxylic acids is 3. The van der Waals surface area contributed by atoms with Crippen LogP contribution in [0.1, 0.15) is 30.6 Å². The Labute approximate surface area is 159 Å². The molecule has 26 heavy (non-hydrogen) atoms. The summed E-state index contributed by atoms with van der Waals surface area (Å²) in [6.07, 6.45) is 0.564. The van der Waals surface area contributed by atoms with Gasteiger partial charge in [-0.15, -0.1) is 0 Å². The van der Waals surface area contributed by atoms with Gasteiger partial charge >= 0.3 is 11.9 Å². The summed E-state index contributed by atoms with van der Waals surface area (Å²) in [7, 11) is 0. The normalized spacial score (nSPS) is 34.1. The van der Waals surface area contributed by atoms with Gasteiger partial charge in [-0.3, -0.25) is 9.59 Å². The van der Waals surface area contributed by atoms with Gasteiger partial charge in [-0.25, -0.2) is 4.79 Å². The maximum atomic E-state index is 12.8. The number of nitrogens with one attached hydrogen (secondary N) is 1. The van der Waals surface area contributed by atoms with Gasteiger partial charge in [0, 0.05) is 11.6 Å². The predicted octanol–water partition coefficient (Wildman–Crippen LogP) is 2.76. The fraction of sp³-hybridized carbons (Fsp3) is 0.526. The molecule has 1 N–H and O–H groups in total. The second kappa shape index (κ2) is 6.37. The number of halogens is 1. The van der Waals surface area contributed by atoms with Crippen molar-refractivity contribution in [3.8, 4) is 0 Å². The molecule has 138 valence electrons. The van der Waals surface area contributed by atoms with E-state index in [1.165, 1.54) is 0 Å². The van der Waals surface area contributed by atoms with Crippen molar-refractivity contribution in [3.05, 3.63) is 29.8 Å². The van der Waals surface area contributed by atoms with Crippen molar-refractivity contribution >= 4 is 39.5 Å². The van der Waals surface area contributed by atoms with Gasteiger partial charge in [-0.1, -0.05) is 15.9 Å². The Morgan fingerprint density at radius 2 is 1.92 bits per heavy atom. The van der Waals surface area contributed by atoms with Crippen LogP contribution in [-0.4, -0.2) is 34.9 Å². The zero-order chi connectivity index (χ0) is 18.6. The monoisotopic (exact) mass is 421 g/mol. The molecule has 1 aromatic rings. The lowest BCUT2D eigenvalue weighted by Crippen LogP contribution is -2.40. The fourth-order valence-corrected chi connectivity index (χ4v) is 5.57. The highest BCUT2D eigenvalue weighted by Crippen LogP contribution is 2.60. The summed E-state index contributed by atoms with van der Waals surface area (Å²) in [4.78, 5) is 36.9. The minimum Gasteiger partial charge on any atom is -0.461 e. The lowest BCUT2D eigenvalue weighted by Gasteiger charge is -2.27. The van der Waals surface area contributed by atoms with Gasteiger partial charge < -0.3 is 14.8 Å². The number of alkyl halides is 1. The highest BCUT2D eigenvalue weighted by molar-refractivity contribution is 9.09. The van der Waals surface area contributed by atoms with E-state index in [0.29, 0.717) is 11.3 Å². The van der Waals surface area contributed by atoms with Gasteiger partial charge in [0.2, 0.25) is 5.91 Å². The first-order valence-corrected chi connectivity index (χ1v) is 9.75. The van der Waals surface area contributed by atoms with E-state index in [1.807, 2.05) is 0 Å². The van der Waals surface area contributed by atoms with Gasteiger partial charge in [0.15, 0.2) is 0 Å². The number of fused-ring (bicyclic) bond motifs is 1. The van der Waals surface area contributed by atoms with Crippen LogP contribution in [0, 0.1) is 23.7 Å². The van der Waals surface area contributed by atoms with Crippen LogP contribution in [0.15, 0.2) is 24.3 Å². The van der Waals surface area contributed by atoms with E-state index < -0.39 is 5.97 Å². The summed E-state index contributed by atoms with van der Waals surface area (Å²) in [6, 6.07) is 6.58. The van der Waals surface area contributed by atoms with Crippen LogP contribution < -0.4 is 5.32 Å². The van der Waals surface area contributed by atoms with E-state index in [4.69, 9.17) is 9.47 Å². The van der Waals surface area contributed by atoms with Crippen LogP contribution in [0.2, 0.25) is 0 Å². The molecule has 7 heteroatoms. The maximum absolute atomic E-state index is 12.8. The summed E-state index contributed by atoms with van der Waals surface area (Å²) in [5.41, 5.74) is 1.02. The van der Waals surface area contributed by atoms with Crippen molar-refractivity contribution in [1.82, 2.24) is 0 Å². The summed E-state index contributed by atoms with van der Waals surface area (Å²) >= 11 is 3.61. The number of rotatable bonds is 4. The molecule has 1 amide bonds. The molecule has 2 aliphatic carbocycles. The first-order chi connectivity index (χ1) is 12.4. The number of hydrogen-bond acceptors (Lipinski definition) is 5. The SMILES string of the molecule is CC(C)OC(=O)c1ccc(NC(=O)[C@@H]2[C@H]3C[C@H]4[C@H](OC(=O)[C@H]42)[C@H]3Br)cc1. The Morgan fingerprint density at radius 1 is 1.23 bits per heavy atom. The standard InChI is InChI=1S/C19H20BrNO5/c1-8(2)25-18(23)9-3-5-10(6-4-9)21-17(22)13-11-7-12-14(13)19(24)26-16(12)15(11)20/h3-6,8,11-16H,7H2,1-2H3,(H,21,22)/t11-,12-,13-,14-,15+,16+/m1/s1. The molecule has 0 unspecified atom stereocenters. The third-order valence-electron chi connectivity index (χ3n) is 5.56. The van der Waals surface area contributed by atoms with Crippen LogP contribution in [0.25, 0.3) is 0 Å². The number of esters is 2. The van der Waals surface area contributed by atoms with Gasteiger partial charge in [0.1, 0.15) is 6.10 Å². The van der Waals surface area contributed by atoms with E-state index in [-0.39, 0.29) is 52.6 Å². The molecule has 0 aromatic heterocycles. The van der Waals surface area contributed by atoms with E-state index in [1.54, 1.807) is 38.1 Å². The van der Waals surface area contributed by atoms with Gasteiger partial charge in [-0.05, 0) is 50.5 Å². The average Bonchev–Trinajstić information content (AvgIpc) is 3.19. The van der Waals surface area contributed by atoms with Crippen molar-refractivity contribution in [2.24, 2.45) is 23.7 Å². The molecule has 4 rings (SSSR count). The third-order valence-corrected chi connectivity index (χ3v) is 6.76. The Bertz CT molecular complexity index is 762. The van der Waals surface area contributed by atoms with Crippen molar-refractivity contribution in [3.63, 3.8) is 0 Å². The Balaban J connectivity index is 1.46. The minimum absolute atomic E-state index is 0.0409. The van der Waals surface area contributed by atoms with E-state index in [9.17, 15) is 14.4 Å². The molecule has 2 saturated carbocycles. The summed E-state index contributed by atoms with van der Waals surface area (Å²) in [6.45, 7) is 3.58. The highest BCUT2D eigenvalue weighted by atomic mass is 79.9. The number of amides is 1. The number of carbonyl (C=O) groups is 3. The first-order valence-electron chi connectivity index (χ1n) is 8.83. The average molecular weight is 422 g/mol. The van der Waals surface area contributed by atoms with Crippen molar-refractivity contribution in [1.29, 1.82) is 0 Å². The van der Waals surface area contributed by atoms with Crippen LogP contribution in [0.4, 0.5) is 5.69 Å². The van der Waals surface area contributed by atoms with Crippen LogP contribution >= 0.6 is 15.9 Å². The highest BCUT2D eigenvalue weighted by Gasteiger charge is 2.67. The van der Waals surface area contributed by atoms with Crippen molar-refractivity contribution in [2.45, 2.75) is 37.3 Å². The fourth-order valence-electron chi connectivity index (χ4n) is 4.53.